The molecule has 2 saturated heterocycles. The molecule has 1 aromatic rings. The number of benzene rings is 1. The summed E-state index contributed by atoms with van der Waals surface area (Å²) in [5.41, 5.74) is 1.09. The summed E-state index contributed by atoms with van der Waals surface area (Å²) in [6.07, 6.45) is 2.87. The number of hydrogen-bond donors (Lipinski definition) is 2. The summed E-state index contributed by atoms with van der Waals surface area (Å²) in [4.78, 5) is 12.6. The molecule has 25 heavy (non-hydrogen) atoms. The number of nitrogens with zero attached hydrogens (tertiary/aromatic N) is 1. The van der Waals surface area contributed by atoms with Crippen molar-refractivity contribution >= 4 is 28.3 Å². The van der Waals surface area contributed by atoms with Gasteiger partial charge in [0.1, 0.15) is 0 Å². The Labute approximate surface area is 155 Å². The van der Waals surface area contributed by atoms with Crippen molar-refractivity contribution in [3.05, 3.63) is 29.3 Å². The van der Waals surface area contributed by atoms with Gasteiger partial charge in [-0.1, -0.05) is 12.5 Å². The highest BCUT2D eigenvalue weighted by molar-refractivity contribution is 7.89. The second-order valence-electron chi connectivity index (χ2n) is 6.68. The van der Waals surface area contributed by atoms with Gasteiger partial charge in [-0.2, -0.15) is 4.31 Å². The summed E-state index contributed by atoms with van der Waals surface area (Å²) >= 11 is 0. The van der Waals surface area contributed by atoms with Gasteiger partial charge in [0.2, 0.25) is 10.0 Å². The van der Waals surface area contributed by atoms with E-state index in [0.29, 0.717) is 36.7 Å². The molecule has 3 rings (SSSR count). The molecule has 140 valence electrons. The van der Waals surface area contributed by atoms with Crippen molar-refractivity contribution in [1.82, 2.24) is 14.9 Å². The zero-order valence-electron chi connectivity index (χ0n) is 14.5. The Kier molecular flexibility index (Phi) is 6.85. The molecule has 0 spiro atoms. The highest BCUT2D eigenvalue weighted by Gasteiger charge is 2.28. The Morgan fingerprint density at radius 2 is 1.92 bits per heavy atom. The summed E-state index contributed by atoms with van der Waals surface area (Å²) in [6.45, 7) is 5.36. The molecular weight excluding hydrogens is 362 g/mol. The van der Waals surface area contributed by atoms with Crippen molar-refractivity contribution in [2.24, 2.45) is 5.92 Å². The first-order chi connectivity index (χ1) is 11.5. The molecule has 0 bridgehead atoms. The van der Waals surface area contributed by atoms with Crippen LogP contribution in [0.4, 0.5) is 0 Å². The van der Waals surface area contributed by atoms with Crippen LogP contribution in [0, 0.1) is 12.8 Å². The lowest BCUT2D eigenvalue weighted by atomic mass is 10.0. The third kappa shape index (κ3) is 4.53. The molecule has 0 aliphatic carbocycles. The van der Waals surface area contributed by atoms with E-state index in [-0.39, 0.29) is 23.2 Å². The standard InChI is InChI=1S/C17H25N3O3S.ClH/c1-13-5-6-15(17(21)19-12-14-10-18-11-14)9-16(13)24(22,23)20-7-3-2-4-8-20;/h5-6,9,14,18H,2-4,7-8,10-12H2,1H3,(H,19,21);1H. The van der Waals surface area contributed by atoms with Crippen molar-refractivity contribution in [2.45, 2.75) is 31.1 Å². The Morgan fingerprint density at radius 3 is 2.52 bits per heavy atom. The number of carbonyl (C=O) groups is 1. The molecule has 0 radical (unpaired) electrons. The Hall–Kier alpha value is -1.15. The zero-order chi connectivity index (χ0) is 17.2. The minimum Gasteiger partial charge on any atom is -0.352 e. The number of rotatable bonds is 5. The van der Waals surface area contributed by atoms with Crippen LogP contribution < -0.4 is 10.6 Å². The summed E-state index contributed by atoms with van der Waals surface area (Å²) in [5.74, 6) is 0.257. The molecule has 0 unspecified atom stereocenters. The van der Waals surface area contributed by atoms with E-state index in [0.717, 1.165) is 32.4 Å². The van der Waals surface area contributed by atoms with Crippen molar-refractivity contribution in [3.63, 3.8) is 0 Å². The Morgan fingerprint density at radius 1 is 1.24 bits per heavy atom. The molecule has 8 heteroatoms. The predicted octanol–water partition coefficient (Wildman–Crippen LogP) is 1.54. The van der Waals surface area contributed by atoms with E-state index in [1.54, 1.807) is 23.4 Å². The lowest BCUT2D eigenvalue weighted by molar-refractivity contribution is 0.0942. The van der Waals surface area contributed by atoms with E-state index < -0.39 is 10.0 Å². The second-order valence-corrected chi connectivity index (χ2v) is 8.59. The molecule has 0 aromatic heterocycles. The fraction of sp³-hybridized carbons (Fsp3) is 0.588. The number of piperidine rings is 1. The summed E-state index contributed by atoms with van der Waals surface area (Å²) < 4.78 is 27.3. The van der Waals surface area contributed by atoms with E-state index >= 15 is 0 Å². The summed E-state index contributed by atoms with van der Waals surface area (Å²) in [5, 5.41) is 6.05. The van der Waals surface area contributed by atoms with Crippen molar-refractivity contribution in [1.29, 1.82) is 0 Å². The van der Waals surface area contributed by atoms with Crippen LogP contribution in [0.3, 0.4) is 0 Å². The van der Waals surface area contributed by atoms with E-state index in [2.05, 4.69) is 10.6 Å². The number of hydrogen-bond acceptors (Lipinski definition) is 4. The van der Waals surface area contributed by atoms with E-state index in [1.807, 2.05) is 0 Å². The molecule has 2 aliphatic rings. The monoisotopic (exact) mass is 387 g/mol. The van der Waals surface area contributed by atoms with Crippen molar-refractivity contribution in [3.8, 4) is 0 Å². The Bertz CT molecular complexity index is 714. The molecule has 6 nitrogen and oxygen atoms in total. The van der Waals surface area contributed by atoms with Gasteiger partial charge in [-0.05, 0) is 37.5 Å². The van der Waals surface area contributed by atoms with E-state index in [1.165, 1.54) is 6.07 Å². The van der Waals surface area contributed by atoms with Gasteiger partial charge < -0.3 is 10.6 Å². The van der Waals surface area contributed by atoms with Gasteiger partial charge in [0.15, 0.2) is 0 Å². The minimum absolute atomic E-state index is 0. The molecule has 1 amide bonds. The fourth-order valence-corrected chi connectivity index (χ4v) is 4.86. The van der Waals surface area contributed by atoms with Crippen LogP contribution in [-0.2, 0) is 10.0 Å². The number of sulfonamides is 1. The number of carbonyl (C=O) groups excluding carboxylic acids is 1. The molecule has 1 aromatic carbocycles. The molecule has 0 atom stereocenters. The number of amides is 1. The number of aryl methyl sites for hydroxylation is 1. The molecule has 2 fully saturated rings. The lowest BCUT2D eigenvalue weighted by Crippen LogP contribution is -2.48. The van der Waals surface area contributed by atoms with Crippen LogP contribution in [0.2, 0.25) is 0 Å². The van der Waals surface area contributed by atoms with Crippen molar-refractivity contribution < 1.29 is 13.2 Å². The van der Waals surface area contributed by atoms with Crippen LogP contribution >= 0.6 is 12.4 Å². The van der Waals surface area contributed by atoms with Gasteiger partial charge >= 0.3 is 0 Å². The van der Waals surface area contributed by atoms with Gasteiger partial charge in [-0.15, -0.1) is 12.4 Å². The van der Waals surface area contributed by atoms with Gasteiger partial charge in [0.25, 0.3) is 5.91 Å². The highest BCUT2D eigenvalue weighted by Crippen LogP contribution is 2.24. The minimum atomic E-state index is -3.53. The first-order valence-electron chi connectivity index (χ1n) is 8.58. The summed E-state index contributed by atoms with van der Waals surface area (Å²) in [7, 11) is -3.53. The maximum atomic E-state index is 12.9. The average molecular weight is 388 g/mol. The van der Waals surface area contributed by atoms with Crippen LogP contribution in [0.5, 0.6) is 0 Å². The average Bonchev–Trinajstić information content (AvgIpc) is 2.54. The van der Waals surface area contributed by atoms with Gasteiger partial charge in [0.05, 0.1) is 4.90 Å². The van der Waals surface area contributed by atoms with Crippen LogP contribution in [0.15, 0.2) is 23.1 Å². The first kappa shape index (κ1) is 20.2. The van der Waals surface area contributed by atoms with Gasteiger partial charge in [-0.25, -0.2) is 8.42 Å². The predicted molar refractivity (Wildman–Crippen MR) is 99.7 cm³/mol. The SMILES string of the molecule is Cc1ccc(C(=O)NCC2CNC2)cc1S(=O)(=O)N1CCCCC1.Cl. The quantitative estimate of drug-likeness (QED) is 0.803. The maximum absolute atomic E-state index is 12.9. The second kappa shape index (κ2) is 8.49. The van der Waals surface area contributed by atoms with Crippen LogP contribution in [0.25, 0.3) is 0 Å². The topological polar surface area (TPSA) is 78.5 Å². The largest absolute Gasteiger partial charge is 0.352 e. The maximum Gasteiger partial charge on any atom is 0.251 e. The molecular formula is C17H26ClN3O3S. The number of nitrogens with one attached hydrogen (secondary N) is 2. The fourth-order valence-electron chi connectivity index (χ4n) is 3.10. The van der Waals surface area contributed by atoms with E-state index in [4.69, 9.17) is 0 Å². The highest BCUT2D eigenvalue weighted by atomic mass is 35.5. The van der Waals surface area contributed by atoms with Gasteiger partial charge in [-0.3, -0.25) is 4.79 Å². The smallest absolute Gasteiger partial charge is 0.251 e. The van der Waals surface area contributed by atoms with Crippen molar-refractivity contribution in [2.75, 3.05) is 32.7 Å². The zero-order valence-corrected chi connectivity index (χ0v) is 16.1. The molecule has 2 aliphatic heterocycles. The summed E-state index contributed by atoms with van der Waals surface area (Å²) in [6, 6.07) is 4.93. The first-order valence-corrected chi connectivity index (χ1v) is 10.0. The molecule has 2 heterocycles. The number of halogens is 1. The Balaban J connectivity index is 0.00000225. The van der Waals surface area contributed by atoms with E-state index in [9.17, 15) is 13.2 Å². The third-order valence-electron chi connectivity index (χ3n) is 4.80. The van der Waals surface area contributed by atoms with Crippen LogP contribution in [0.1, 0.15) is 35.2 Å². The normalized spacial score (nSPS) is 18.9. The molecule has 0 saturated carbocycles. The van der Waals surface area contributed by atoms with Crippen LogP contribution in [-0.4, -0.2) is 51.4 Å². The third-order valence-corrected chi connectivity index (χ3v) is 6.84. The van der Waals surface area contributed by atoms with Gasteiger partial charge in [0, 0.05) is 44.2 Å². The molecule has 2 N–H and O–H groups in total. The lowest BCUT2D eigenvalue weighted by Gasteiger charge is -2.27.